The van der Waals surface area contributed by atoms with Crippen molar-refractivity contribution < 1.29 is 8.42 Å². The Kier molecular flexibility index (Phi) is 4.26. The Morgan fingerprint density at radius 2 is 1.94 bits per heavy atom. The van der Waals surface area contributed by atoms with E-state index in [9.17, 15) is 8.42 Å². The number of aryl methyl sites for hydroxylation is 1. The van der Waals surface area contributed by atoms with Gasteiger partial charge in [-0.1, -0.05) is 23.8 Å². The van der Waals surface area contributed by atoms with E-state index >= 15 is 0 Å². The summed E-state index contributed by atoms with van der Waals surface area (Å²) in [6.45, 7) is 7.31. The fourth-order valence-electron chi connectivity index (χ4n) is 1.35. The van der Waals surface area contributed by atoms with Gasteiger partial charge in [-0.25, -0.2) is 13.1 Å². The van der Waals surface area contributed by atoms with Crippen LogP contribution in [0.25, 0.3) is 0 Å². The largest absolute Gasteiger partial charge is 0.240 e. The van der Waals surface area contributed by atoms with Crippen LogP contribution in [0, 0.1) is 6.92 Å². The SMILES string of the molecule is C=CC[C@@H](C)NS(=O)(=O)c1ccc(C)cc1. The lowest BCUT2D eigenvalue weighted by Gasteiger charge is -2.12. The van der Waals surface area contributed by atoms with Gasteiger partial charge in [0.2, 0.25) is 10.0 Å². The Bertz CT molecular complexity index is 448. The molecule has 0 spiro atoms. The maximum Gasteiger partial charge on any atom is 0.240 e. The Morgan fingerprint density at radius 1 is 1.38 bits per heavy atom. The highest BCUT2D eigenvalue weighted by molar-refractivity contribution is 7.89. The number of benzene rings is 1. The Labute approximate surface area is 97.2 Å². The van der Waals surface area contributed by atoms with E-state index in [-0.39, 0.29) is 6.04 Å². The molecule has 0 aliphatic rings. The third-order valence-electron chi connectivity index (χ3n) is 2.21. The maximum absolute atomic E-state index is 11.9. The molecule has 1 atom stereocenters. The minimum Gasteiger partial charge on any atom is -0.208 e. The first-order valence-electron chi connectivity index (χ1n) is 5.15. The molecule has 1 N–H and O–H groups in total. The lowest BCUT2D eigenvalue weighted by Crippen LogP contribution is -2.32. The van der Waals surface area contributed by atoms with E-state index in [0.717, 1.165) is 5.56 Å². The average molecular weight is 239 g/mol. The monoisotopic (exact) mass is 239 g/mol. The lowest BCUT2D eigenvalue weighted by atomic mass is 10.2. The van der Waals surface area contributed by atoms with Gasteiger partial charge in [0.1, 0.15) is 0 Å². The number of hydrogen-bond donors (Lipinski definition) is 1. The molecule has 1 rings (SSSR count). The first-order valence-corrected chi connectivity index (χ1v) is 6.64. The second kappa shape index (κ2) is 5.27. The van der Waals surface area contributed by atoms with Gasteiger partial charge >= 0.3 is 0 Å². The first kappa shape index (κ1) is 12.9. The van der Waals surface area contributed by atoms with Crippen LogP contribution in [0.1, 0.15) is 18.9 Å². The quantitative estimate of drug-likeness (QED) is 0.801. The summed E-state index contributed by atoms with van der Waals surface area (Å²) in [4.78, 5) is 0.300. The zero-order valence-electron chi connectivity index (χ0n) is 9.60. The van der Waals surface area contributed by atoms with Gasteiger partial charge in [0.05, 0.1) is 4.90 Å². The van der Waals surface area contributed by atoms with Crippen LogP contribution in [0.15, 0.2) is 41.8 Å². The molecule has 0 aliphatic carbocycles. The van der Waals surface area contributed by atoms with Crippen LogP contribution in [0.5, 0.6) is 0 Å². The fraction of sp³-hybridized carbons (Fsp3) is 0.333. The van der Waals surface area contributed by atoms with E-state index in [2.05, 4.69) is 11.3 Å². The molecule has 0 aliphatic heterocycles. The smallest absolute Gasteiger partial charge is 0.208 e. The van der Waals surface area contributed by atoms with Crippen molar-refractivity contribution in [3.8, 4) is 0 Å². The molecule has 0 bridgehead atoms. The highest BCUT2D eigenvalue weighted by Crippen LogP contribution is 2.11. The van der Waals surface area contributed by atoms with Gasteiger partial charge in [-0.3, -0.25) is 0 Å². The zero-order chi connectivity index (χ0) is 12.2. The molecule has 0 heterocycles. The van der Waals surface area contributed by atoms with Gasteiger partial charge in [0.25, 0.3) is 0 Å². The third-order valence-corrected chi connectivity index (χ3v) is 3.81. The summed E-state index contributed by atoms with van der Waals surface area (Å²) in [5, 5.41) is 0. The third kappa shape index (κ3) is 3.47. The summed E-state index contributed by atoms with van der Waals surface area (Å²) >= 11 is 0. The first-order chi connectivity index (χ1) is 7.45. The van der Waals surface area contributed by atoms with Crippen LogP contribution in [0.2, 0.25) is 0 Å². The van der Waals surface area contributed by atoms with E-state index in [1.165, 1.54) is 0 Å². The molecule has 0 aromatic heterocycles. The minimum absolute atomic E-state index is 0.135. The van der Waals surface area contributed by atoms with Crippen LogP contribution >= 0.6 is 0 Å². The molecule has 3 nitrogen and oxygen atoms in total. The molecular weight excluding hydrogens is 222 g/mol. The summed E-state index contributed by atoms with van der Waals surface area (Å²) in [5.41, 5.74) is 1.04. The Balaban J connectivity index is 2.85. The molecule has 1 aromatic rings. The molecule has 1 aromatic carbocycles. The van der Waals surface area contributed by atoms with Crippen molar-refractivity contribution in [1.82, 2.24) is 4.72 Å². The molecule has 0 saturated heterocycles. The Morgan fingerprint density at radius 3 is 2.44 bits per heavy atom. The average Bonchev–Trinajstić information content (AvgIpc) is 2.17. The summed E-state index contributed by atoms with van der Waals surface area (Å²) in [7, 11) is -3.40. The van der Waals surface area contributed by atoms with Gasteiger partial charge in [-0.05, 0) is 32.4 Å². The normalized spacial score (nSPS) is 13.4. The topological polar surface area (TPSA) is 46.2 Å². The van der Waals surface area contributed by atoms with Crippen LogP contribution in [0.3, 0.4) is 0 Å². The van der Waals surface area contributed by atoms with Crippen LogP contribution < -0.4 is 4.72 Å². The van der Waals surface area contributed by atoms with Crippen molar-refractivity contribution in [2.75, 3.05) is 0 Å². The van der Waals surface area contributed by atoms with Gasteiger partial charge in [-0.2, -0.15) is 0 Å². The number of nitrogens with one attached hydrogen (secondary N) is 1. The molecule has 88 valence electrons. The molecule has 0 unspecified atom stereocenters. The number of rotatable bonds is 5. The second-order valence-corrected chi connectivity index (χ2v) is 5.57. The highest BCUT2D eigenvalue weighted by Gasteiger charge is 2.15. The van der Waals surface area contributed by atoms with Crippen molar-refractivity contribution >= 4 is 10.0 Å². The predicted molar refractivity (Wildman–Crippen MR) is 65.8 cm³/mol. The summed E-state index contributed by atoms with van der Waals surface area (Å²) in [6.07, 6.45) is 2.31. The molecule has 0 amide bonds. The molecule has 0 saturated carbocycles. The van der Waals surface area contributed by atoms with Crippen molar-refractivity contribution in [2.24, 2.45) is 0 Å². The van der Waals surface area contributed by atoms with E-state index in [1.807, 2.05) is 13.8 Å². The van der Waals surface area contributed by atoms with Gasteiger partial charge in [-0.15, -0.1) is 6.58 Å². The zero-order valence-corrected chi connectivity index (χ0v) is 10.4. The van der Waals surface area contributed by atoms with Gasteiger partial charge in [0.15, 0.2) is 0 Å². The number of sulfonamides is 1. The lowest BCUT2D eigenvalue weighted by molar-refractivity contribution is 0.562. The standard InChI is InChI=1S/C12H17NO2S/c1-4-5-11(3)13-16(14,15)12-8-6-10(2)7-9-12/h4,6-9,11,13H,1,5H2,2-3H3/t11-/m1/s1. The van der Waals surface area contributed by atoms with E-state index in [0.29, 0.717) is 11.3 Å². The summed E-state index contributed by atoms with van der Waals surface area (Å²) < 4.78 is 26.4. The van der Waals surface area contributed by atoms with Crippen molar-refractivity contribution in [3.05, 3.63) is 42.5 Å². The molecule has 0 radical (unpaired) electrons. The molecular formula is C12H17NO2S. The Hall–Kier alpha value is -1.13. The summed E-state index contributed by atoms with van der Waals surface area (Å²) in [6, 6.07) is 6.65. The number of hydrogen-bond acceptors (Lipinski definition) is 2. The highest BCUT2D eigenvalue weighted by atomic mass is 32.2. The van der Waals surface area contributed by atoms with E-state index in [4.69, 9.17) is 0 Å². The predicted octanol–water partition coefficient (Wildman–Crippen LogP) is 2.24. The van der Waals surface area contributed by atoms with Gasteiger partial charge in [0, 0.05) is 6.04 Å². The molecule has 16 heavy (non-hydrogen) atoms. The van der Waals surface area contributed by atoms with E-state index in [1.54, 1.807) is 30.3 Å². The van der Waals surface area contributed by atoms with Crippen molar-refractivity contribution in [2.45, 2.75) is 31.2 Å². The van der Waals surface area contributed by atoms with E-state index < -0.39 is 10.0 Å². The minimum atomic E-state index is -3.40. The van der Waals surface area contributed by atoms with Crippen molar-refractivity contribution in [1.29, 1.82) is 0 Å². The fourth-order valence-corrected chi connectivity index (χ4v) is 2.60. The summed E-state index contributed by atoms with van der Waals surface area (Å²) in [5.74, 6) is 0. The van der Waals surface area contributed by atoms with Gasteiger partial charge < -0.3 is 0 Å². The molecule has 4 heteroatoms. The van der Waals surface area contributed by atoms with Crippen LogP contribution in [-0.4, -0.2) is 14.5 Å². The maximum atomic E-state index is 11.9. The second-order valence-electron chi connectivity index (χ2n) is 3.86. The van der Waals surface area contributed by atoms with Crippen molar-refractivity contribution in [3.63, 3.8) is 0 Å². The molecule has 0 fully saturated rings. The van der Waals surface area contributed by atoms with Crippen LogP contribution in [0.4, 0.5) is 0 Å². The van der Waals surface area contributed by atoms with Crippen LogP contribution in [-0.2, 0) is 10.0 Å².